The van der Waals surface area contributed by atoms with Crippen molar-refractivity contribution in [3.05, 3.63) is 44.9 Å². The average Bonchev–Trinajstić information content (AvgIpc) is 2.90. The van der Waals surface area contributed by atoms with Crippen molar-refractivity contribution in [1.29, 1.82) is 0 Å². The van der Waals surface area contributed by atoms with E-state index in [4.69, 9.17) is 5.11 Å². The second kappa shape index (κ2) is 7.39. The molecule has 1 aliphatic heterocycles. The van der Waals surface area contributed by atoms with Crippen LogP contribution in [0, 0.1) is 27.6 Å². The lowest BCUT2D eigenvalue weighted by atomic mass is 10.2. The van der Waals surface area contributed by atoms with Gasteiger partial charge in [-0.15, -0.1) is 0 Å². The maximum absolute atomic E-state index is 14.0. The minimum absolute atomic E-state index is 0.143. The van der Waals surface area contributed by atoms with E-state index in [0.717, 1.165) is 12.0 Å². The third-order valence-corrected chi connectivity index (χ3v) is 3.54. The standard InChI is InChI=1S/C14H12F3N3O6/c1-26-14(23)6-5-19(2-3-21)13(22)11(6)18-12-8(20(24)25)4-7(15)9(16)10(12)17/h4,18,21H,2-3,5H2,1H3. The van der Waals surface area contributed by atoms with Gasteiger partial charge in [-0.25, -0.2) is 18.0 Å². The van der Waals surface area contributed by atoms with Crippen LogP contribution in [0.2, 0.25) is 0 Å². The van der Waals surface area contributed by atoms with Gasteiger partial charge in [0.05, 0.1) is 36.8 Å². The van der Waals surface area contributed by atoms with Crippen LogP contribution in [0.1, 0.15) is 0 Å². The molecule has 0 aromatic heterocycles. The van der Waals surface area contributed by atoms with Crippen molar-refractivity contribution in [3.63, 3.8) is 0 Å². The summed E-state index contributed by atoms with van der Waals surface area (Å²) in [5.41, 5.74) is -3.21. The average molecular weight is 375 g/mol. The van der Waals surface area contributed by atoms with E-state index in [1.807, 2.05) is 5.32 Å². The Morgan fingerprint density at radius 1 is 1.42 bits per heavy atom. The Hall–Kier alpha value is -3.15. The SMILES string of the molecule is COC(=O)C1=C(Nc2c([N+](=O)[O-])cc(F)c(F)c2F)C(=O)N(CCO)C1. The van der Waals surface area contributed by atoms with Crippen LogP contribution in [-0.2, 0) is 14.3 Å². The summed E-state index contributed by atoms with van der Waals surface area (Å²) in [4.78, 5) is 34.9. The largest absolute Gasteiger partial charge is 0.466 e. The van der Waals surface area contributed by atoms with Gasteiger partial charge in [-0.05, 0) is 0 Å². The van der Waals surface area contributed by atoms with Crippen LogP contribution in [0.3, 0.4) is 0 Å². The number of aliphatic hydroxyl groups is 1. The lowest BCUT2D eigenvalue weighted by Crippen LogP contribution is -2.31. The number of β-amino-alcohol motifs (C(OH)–C–C–N with tert-alkyl or cyclic N) is 1. The number of ether oxygens (including phenoxy) is 1. The first-order valence-electron chi connectivity index (χ1n) is 7.03. The van der Waals surface area contributed by atoms with E-state index in [-0.39, 0.29) is 24.7 Å². The maximum Gasteiger partial charge on any atom is 0.337 e. The van der Waals surface area contributed by atoms with E-state index in [0.29, 0.717) is 0 Å². The molecule has 0 unspecified atom stereocenters. The number of hydrogen-bond acceptors (Lipinski definition) is 7. The molecule has 0 spiro atoms. The van der Waals surface area contributed by atoms with Gasteiger partial charge in [0.1, 0.15) is 5.70 Å². The zero-order valence-electron chi connectivity index (χ0n) is 13.2. The molecule has 0 aliphatic carbocycles. The van der Waals surface area contributed by atoms with E-state index < -0.39 is 57.9 Å². The normalized spacial score (nSPS) is 14.0. The Balaban J connectivity index is 2.57. The number of esters is 1. The number of hydrogen-bond donors (Lipinski definition) is 2. The lowest BCUT2D eigenvalue weighted by Gasteiger charge is -2.15. The van der Waals surface area contributed by atoms with Crippen molar-refractivity contribution < 1.29 is 37.5 Å². The van der Waals surface area contributed by atoms with E-state index in [9.17, 15) is 32.9 Å². The summed E-state index contributed by atoms with van der Waals surface area (Å²) in [5, 5.41) is 22.0. The molecule has 1 heterocycles. The van der Waals surface area contributed by atoms with Crippen LogP contribution < -0.4 is 5.32 Å². The molecular weight excluding hydrogens is 363 g/mol. The number of amides is 1. The molecule has 1 amide bonds. The molecule has 2 rings (SSSR count). The van der Waals surface area contributed by atoms with Crippen molar-refractivity contribution in [3.8, 4) is 0 Å². The number of nitrogens with zero attached hydrogens (tertiary/aromatic N) is 2. The van der Waals surface area contributed by atoms with Crippen LogP contribution in [0.5, 0.6) is 0 Å². The highest BCUT2D eigenvalue weighted by atomic mass is 19.2. The van der Waals surface area contributed by atoms with E-state index in [1.54, 1.807) is 0 Å². The number of nitro groups is 1. The summed E-state index contributed by atoms with van der Waals surface area (Å²) in [6.07, 6.45) is 0. The highest BCUT2D eigenvalue weighted by Gasteiger charge is 2.37. The van der Waals surface area contributed by atoms with Crippen LogP contribution in [0.25, 0.3) is 0 Å². The highest BCUT2D eigenvalue weighted by Crippen LogP contribution is 2.34. The summed E-state index contributed by atoms with van der Waals surface area (Å²) in [6.45, 7) is -0.965. The van der Waals surface area contributed by atoms with Gasteiger partial charge in [0, 0.05) is 6.54 Å². The van der Waals surface area contributed by atoms with E-state index in [1.165, 1.54) is 0 Å². The molecule has 12 heteroatoms. The number of methoxy groups -OCH3 is 1. The molecule has 0 bridgehead atoms. The predicted octanol–water partition coefficient (Wildman–Crippen LogP) is 0.686. The molecule has 140 valence electrons. The molecule has 2 N–H and O–H groups in total. The van der Waals surface area contributed by atoms with Gasteiger partial charge in [-0.2, -0.15) is 0 Å². The number of nitro benzene ring substituents is 1. The van der Waals surface area contributed by atoms with Crippen LogP contribution >= 0.6 is 0 Å². The second-order valence-corrected chi connectivity index (χ2v) is 5.06. The summed E-state index contributed by atoms with van der Waals surface area (Å²) in [6, 6.07) is 0.143. The Bertz CT molecular complexity index is 827. The Morgan fingerprint density at radius 2 is 2.08 bits per heavy atom. The van der Waals surface area contributed by atoms with Crippen molar-refractivity contribution in [2.75, 3.05) is 32.1 Å². The van der Waals surface area contributed by atoms with Crippen molar-refractivity contribution in [2.45, 2.75) is 0 Å². The number of anilines is 1. The highest BCUT2D eigenvalue weighted by molar-refractivity contribution is 6.08. The van der Waals surface area contributed by atoms with Crippen molar-refractivity contribution >= 4 is 23.3 Å². The topological polar surface area (TPSA) is 122 Å². The van der Waals surface area contributed by atoms with Gasteiger partial charge in [-0.1, -0.05) is 0 Å². The fourth-order valence-corrected chi connectivity index (χ4v) is 2.32. The van der Waals surface area contributed by atoms with Gasteiger partial charge in [0.15, 0.2) is 23.1 Å². The predicted molar refractivity (Wildman–Crippen MR) is 79.3 cm³/mol. The monoisotopic (exact) mass is 375 g/mol. The lowest BCUT2D eigenvalue weighted by molar-refractivity contribution is -0.384. The van der Waals surface area contributed by atoms with Crippen LogP contribution in [0.4, 0.5) is 24.5 Å². The number of nitrogens with one attached hydrogen (secondary N) is 1. The quantitative estimate of drug-likeness (QED) is 0.325. The molecule has 9 nitrogen and oxygen atoms in total. The number of benzene rings is 1. The summed E-state index contributed by atoms with van der Waals surface area (Å²) in [5.74, 6) is -7.61. The molecule has 0 saturated carbocycles. The Morgan fingerprint density at radius 3 is 2.62 bits per heavy atom. The van der Waals surface area contributed by atoms with Gasteiger partial charge >= 0.3 is 5.97 Å². The van der Waals surface area contributed by atoms with Gasteiger partial charge in [0.25, 0.3) is 11.6 Å². The fraction of sp³-hybridized carbons (Fsp3) is 0.286. The summed E-state index contributed by atoms with van der Waals surface area (Å²) in [7, 11) is 1.01. The summed E-state index contributed by atoms with van der Waals surface area (Å²) < 4.78 is 45.3. The molecule has 1 aromatic carbocycles. The van der Waals surface area contributed by atoms with Gasteiger partial charge in [-0.3, -0.25) is 14.9 Å². The first kappa shape index (κ1) is 19.2. The fourth-order valence-electron chi connectivity index (χ4n) is 2.32. The molecular formula is C14H12F3N3O6. The second-order valence-electron chi connectivity index (χ2n) is 5.06. The number of rotatable bonds is 6. The number of carbonyl (C=O) groups is 2. The molecule has 0 saturated heterocycles. The number of halogens is 3. The Kier molecular flexibility index (Phi) is 5.45. The van der Waals surface area contributed by atoms with E-state index in [2.05, 4.69) is 4.74 Å². The van der Waals surface area contributed by atoms with Crippen LogP contribution in [-0.4, -0.2) is 53.6 Å². The zero-order chi connectivity index (χ0) is 19.6. The molecule has 26 heavy (non-hydrogen) atoms. The minimum atomic E-state index is -1.99. The van der Waals surface area contributed by atoms with Gasteiger partial charge < -0.3 is 20.1 Å². The van der Waals surface area contributed by atoms with Crippen molar-refractivity contribution in [2.24, 2.45) is 0 Å². The Labute approximate surface area is 143 Å². The van der Waals surface area contributed by atoms with Crippen LogP contribution in [0.15, 0.2) is 17.3 Å². The minimum Gasteiger partial charge on any atom is -0.466 e. The molecule has 1 aromatic rings. The number of carbonyl (C=O) groups excluding carboxylic acids is 2. The van der Waals surface area contributed by atoms with Crippen molar-refractivity contribution in [1.82, 2.24) is 4.90 Å². The first-order chi connectivity index (χ1) is 12.2. The third-order valence-electron chi connectivity index (χ3n) is 3.54. The maximum atomic E-state index is 14.0. The molecule has 1 aliphatic rings. The van der Waals surface area contributed by atoms with E-state index >= 15 is 0 Å². The van der Waals surface area contributed by atoms with Gasteiger partial charge in [0.2, 0.25) is 0 Å². The molecule has 0 radical (unpaired) electrons. The number of aliphatic hydroxyl groups excluding tert-OH is 1. The molecule has 0 atom stereocenters. The summed E-state index contributed by atoms with van der Waals surface area (Å²) >= 11 is 0. The third kappa shape index (κ3) is 3.31. The smallest absolute Gasteiger partial charge is 0.337 e. The zero-order valence-corrected chi connectivity index (χ0v) is 13.2. The first-order valence-corrected chi connectivity index (χ1v) is 7.03. The molecule has 0 fully saturated rings.